The van der Waals surface area contributed by atoms with E-state index in [2.05, 4.69) is 27.5 Å². The molecule has 6 heteroatoms. The SMILES string of the molecule is CN(Cc1nnc(-c2ccc(Cl)cc2)o1)C1CCNCC1. The molecule has 0 radical (unpaired) electrons. The van der Waals surface area contributed by atoms with E-state index >= 15 is 0 Å². The van der Waals surface area contributed by atoms with Crippen LogP contribution in [0.5, 0.6) is 0 Å². The molecule has 1 saturated heterocycles. The van der Waals surface area contributed by atoms with Gasteiger partial charge in [-0.25, -0.2) is 0 Å². The molecular weight excluding hydrogens is 288 g/mol. The third-order valence-corrected chi connectivity index (χ3v) is 4.13. The molecule has 1 N–H and O–H groups in total. The molecule has 1 aliphatic heterocycles. The maximum absolute atomic E-state index is 5.88. The maximum Gasteiger partial charge on any atom is 0.247 e. The molecule has 0 amide bonds. The summed E-state index contributed by atoms with van der Waals surface area (Å²) in [6.07, 6.45) is 2.32. The minimum atomic E-state index is 0.542. The average molecular weight is 307 g/mol. The molecule has 0 aliphatic carbocycles. The van der Waals surface area contributed by atoms with Crippen molar-refractivity contribution in [3.8, 4) is 11.5 Å². The average Bonchev–Trinajstić information content (AvgIpc) is 2.97. The van der Waals surface area contributed by atoms with Crippen molar-refractivity contribution in [2.24, 2.45) is 0 Å². The predicted octanol–water partition coefficient (Wildman–Crippen LogP) is 2.57. The van der Waals surface area contributed by atoms with Gasteiger partial charge in [0.15, 0.2) is 0 Å². The van der Waals surface area contributed by atoms with Crippen molar-refractivity contribution in [2.75, 3.05) is 20.1 Å². The van der Waals surface area contributed by atoms with Crippen LogP contribution in [0.25, 0.3) is 11.5 Å². The first-order valence-corrected chi connectivity index (χ1v) is 7.59. The van der Waals surface area contributed by atoms with E-state index in [4.69, 9.17) is 16.0 Å². The van der Waals surface area contributed by atoms with Gasteiger partial charge in [-0.15, -0.1) is 10.2 Å². The largest absolute Gasteiger partial charge is 0.419 e. The van der Waals surface area contributed by atoms with Crippen molar-refractivity contribution in [3.05, 3.63) is 35.2 Å². The van der Waals surface area contributed by atoms with Gasteiger partial charge < -0.3 is 9.73 Å². The summed E-state index contributed by atoms with van der Waals surface area (Å²) in [5.74, 6) is 1.20. The van der Waals surface area contributed by atoms with Crippen LogP contribution in [0.2, 0.25) is 5.02 Å². The topological polar surface area (TPSA) is 54.2 Å². The summed E-state index contributed by atoms with van der Waals surface area (Å²) in [4.78, 5) is 2.29. The Bertz CT molecular complexity index is 578. The van der Waals surface area contributed by atoms with Crippen molar-refractivity contribution < 1.29 is 4.42 Å². The fraction of sp³-hybridized carbons (Fsp3) is 0.467. The Morgan fingerprint density at radius 2 is 1.95 bits per heavy atom. The number of nitrogens with zero attached hydrogens (tertiary/aromatic N) is 3. The van der Waals surface area contributed by atoms with E-state index in [9.17, 15) is 0 Å². The molecule has 1 aromatic carbocycles. The van der Waals surface area contributed by atoms with Gasteiger partial charge >= 0.3 is 0 Å². The van der Waals surface area contributed by atoms with Gasteiger partial charge in [0.2, 0.25) is 11.8 Å². The number of halogens is 1. The molecule has 0 atom stereocenters. The lowest BCUT2D eigenvalue weighted by Gasteiger charge is -2.30. The maximum atomic E-state index is 5.88. The summed E-state index contributed by atoms with van der Waals surface area (Å²) < 4.78 is 5.75. The number of hydrogen-bond donors (Lipinski definition) is 1. The number of benzene rings is 1. The highest BCUT2D eigenvalue weighted by atomic mass is 35.5. The van der Waals surface area contributed by atoms with E-state index in [1.807, 2.05) is 24.3 Å². The molecule has 112 valence electrons. The van der Waals surface area contributed by atoms with Crippen molar-refractivity contribution in [2.45, 2.75) is 25.4 Å². The summed E-state index contributed by atoms with van der Waals surface area (Å²) >= 11 is 5.88. The Labute approximate surface area is 129 Å². The van der Waals surface area contributed by atoms with Gasteiger partial charge in [-0.1, -0.05) is 11.6 Å². The van der Waals surface area contributed by atoms with Gasteiger partial charge in [-0.2, -0.15) is 0 Å². The van der Waals surface area contributed by atoms with E-state index < -0.39 is 0 Å². The lowest BCUT2D eigenvalue weighted by molar-refractivity contribution is 0.177. The molecule has 1 fully saturated rings. The minimum absolute atomic E-state index is 0.542. The molecule has 21 heavy (non-hydrogen) atoms. The van der Waals surface area contributed by atoms with Crippen LogP contribution in [0, 0.1) is 0 Å². The smallest absolute Gasteiger partial charge is 0.247 e. The molecule has 5 nitrogen and oxygen atoms in total. The Kier molecular flexibility index (Phi) is 4.53. The van der Waals surface area contributed by atoms with Gasteiger partial charge in [0, 0.05) is 16.6 Å². The van der Waals surface area contributed by atoms with Crippen molar-refractivity contribution in [1.82, 2.24) is 20.4 Å². The van der Waals surface area contributed by atoms with Gasteiger partial charge in [-0.05, 0) is 57.2 Å². The van der Waals surface area contributed by atoms with Crippen molar-refractivity contribution in [1.29, 1.82) is 0 Å². The highest BCUT2D eigenvalue weighted by molar-refractivity contribution is 6.30. The van der Waals surface area contributed by atoms with Crippen LogP contribution >= 0.6 is 11.6 Å². The highest BCUT2D eigenvalue weighted by Crippen LogP contribution is 2.21. The van der Waals surface area contributed by atoms with Crippen LogP contribution in [0.15, 0.2) is 28.7 Å². The molecule has 3 rings (SSSR count). The van der Waals surface area contributed by atoms with E-state index in [1.165, 1.54) is 0 Å². The van der Waals surface area contributed by atoms with Gasteiger partial charge in [0.1, 0.15) is 0 Å². The summed E-state index contributed by atoms with van der Waals surface area (Å²) in [6, 6.07) is 7.99. The summed E-state index contributed by atoms with van der Waals surface area (Å²) in [6.45, 7) is 2.84. The Balaban J connectivity index is 1.65. The zero-order chi connectivity index (χ0) is 14.7. The number of hydrogen-bond acceptors (Lipinski definition) is 5. The first-order valence-electron chi connectivity index (χ1n) is 7.21. The molecule has 0 saturated carbocycles. The summed E-state index contributed by atoms with van der Waals surface area (Å²) in [7, 11) is 2.11. The number of rotatable bonds is 4. The van der Waals surface area contributed by atoms with Crippen LogP contribution in [0.1, 0.15) is 18.7 Å². The van der Waals surface area contributed by atoms with E-state index in [-0.39, 0.29) is 0 Å². The fourth-order valence-electron chi connectivity index (χ4n) is 2.62. The standard InChI is InChI=1S/C15H19ClN4O/c1-20(13-6-8-17-9-7-13)10-14-18-19-15(21-14)11-2-4-12(16)5-3-11/h2-5,13,17H,6-10H2,1H3. The second kappa shape index (κ2) is 6.56. The third-order valence-electron chi connectivity index (χ3n) is 3.87. The van der Waals surface area contributed by atoms with Crippen LogP contribution in [0.3, 0.4) is 0 Å². The monoisotopic (exact) mass is 306 g/mol. The minimum Gasteiger partial charge on any atom is -0.419 e. The lowest BCUT2D eigenvalue weighted by Crippen LogP contribution is -2.40. The quantitative estimate of drug-likeness (QED) is 0.941. The highest BCUT2D eigenvalue weighted by Gasteiger charge is 2.19. The molecular formula is C15H19ClN4O. The zero-order valence-corrected chi connectivity index (χ0v) is 12.8. The second-order valence-electron chi connectivity index (χ2n) is 5.40. The molecule has 2 aromatic rings. The summed E-state index contributed by atoms with van der Waals surface area (Å²) in [5, 5.41) is 12.3. The molecule has 0 bridgehead atoms. The van der Waals surface area contributed by atoms with E-state index in [1.54, 1.807) is 0 Å². The van der Waals surface area contributed by atoms with Gasteiger partial charge in [0.05, 0.1) is 6.54 Å². The molecule has 0 spiro atoms. The van der Waals surface area contributed by atoms with Crippen molar-refractivity contribution >= 4 is 11.6 Å². The normalized spacial score (nSPS) is 16.5. The van der Waals surface area contributed by atoms with Crippen LogP contribution in [-0.2, 0) is 6.54 Å². The van der Waals surface area contributed by atoms with E-state index in [0.29, 0.717) is 29.4 Å². The molecule has 1 aliphatic rings. The number of nitrogens with one attached hydrogen (secondary N) is 1. The first kappa shape index (κ1) is 14.5. The predicted molar refractivity (Wildman–Crippen MR) is 82.1 cm³/mol. The summed E-state index contributed by atoms with van der Waals surface area (Å²) in [5.41, 5.74) is 0.891. The van der Waals surface area contributed by atoms with Crippen LogP contribution < -0.4 is 5.32 Å². The first-order chi connectivity index (χ1) is 10.2. The van der Waals surface area contributed by atoms with Crippen LogP contribution in [0.4, 0.5) is 0 Å². The third kappa shape index (κ3) is 3.61. The van der Waals surface area contributed by atoms with Gasteiger partial charge in [0.25, 0.3) is 0 Å². The lowest BCUT2D eigenvalue weighted by atomic mass is 10.1. The molecule has 2 heterocycles. The molecule has 1 aromatic heterocycles. The Morgan fingerprint density at radius 1 is 1.24 bits per heavy atom. The second-order valence-corrected chi connectivity index (χ2v) is 5.84. The van der Waals surface area contributed by atoms with E-state index in [0.717, 1.165) is 31.5 Å². The number of piperidine rings is 1. The Hall–Kier alpha value is -1.43. The molecule has 0 unspecified atom stereocenters. The fourth-order valence-corrected chi connectivity index (χ4v) is 2.74. The van der Waals surface area contributed by atoms with Crippen molar-refractivity contribution in [3.63, 3.8) is 0 Å². The Morgan fingerprint density at radius 3 is 2.67 bits per heavy atom. The zero-order valence-electron chi connectivity index (χ0n) is 12.1. The van der Waals surface area contributed by atoms with Gasteiger partial charge in [-0.3, -0.25) is 4.90 Å². The van der Waals surface area contributed by atoms with Crippen LogP contribution in [-0.4, -0.2) is 41.3 Å². The number of aromatic nitrogens is 2.